The molecular weight excluding hydrogens is 388 g/mol. The average molecular weight is 402 g/mol. The molecule has 0 N–H and O–H groups in total. The molecule has 2 aromatic carbocycles. The van der Waals surface area contributed by atoms with E-state index in [0.29, 0.717) is 28.8 Å². The second kappa shape index (κ2) is 7.55. The van der Waals surface area contributed by atoms with E-state index in [0.717, 1.165) is 5.56 Å². The molecule has 0 unspecified atom stereocenters. The van der Waals surface area contributed by atoms with E-state index in [9.17, 15) is 4.79 Å². The summed E-state index contributed by atoms with van der Waals surface area (Å²) >= 11 is 0. The Kier molecular flexibility index (Phi) is 4.45. The lowest BCUT2D eigenvalue weighted by atomic mass is 10.2. The molecule has 148 valence electrons. The molecule has 3 heterocycles. The van der Waals surface area contributed by atoms with Crippen molar-refractivity contribution in [2.75, 3.05) is 6.79 Å². The van der Waals surface area contributed by atoms with E-state index in [4.69, 9.17) is 18.6 Å². The Hall–Kier alpha value is -4.40. The molecule has 0 saturated heterocycles. The largest absolute Gasteiger partial charge is 0.465 e. The first kappa shape index (κ1) is 17.7. The van der Waals surface area contributed by atoms with Gasteiger partial charge in [0.2, 0.25) is 6.79 Å². The highest BCUT2D eigenvalue weighted by molar-refractivity contribution is 6.16. The SMILES string of the molecule is O=C(Oc1ccc2c(c1)OCO2)/C(=C\c1ccco1)n1nnnc1-c1ccccc1. The monoisotopic (exact) mass is 402 g/mol. The fraction of sp³-hybridized carbons (Fsp3) is 0.0476. The van der Waals surface area contributed by atoms with Crippen molar-refractivity contribution in [3.63, 3.8) is 0 Å². The first-order valence-electron chi connectivity index (χ1n) is 8.99. The number of hydrogen-bond acceptors (Lipinski definition) is 8. The van der Waals surface area contributed by atoms with Gasteiger partial charge in [0.15, 0.2) is 23.0 Å². The molecular formula is C21H14N4O5. The van der Waals surface area contributed by atoms with Crippen LogP contribution in [0.2, 0.25) is 0 Å². The number of esters is 1. The van der Waals surface area contributed by atoms with Gasteiger partial charge in [0.1, 0.15) is 11.5 Å². The Labute approximate surface area is 170 Å². The van der Waals surface area contributed by atoms with Gasteiger partial charge in [0.25, 0.3) is 0 Å². The van der Waals surface area contributed by atoms with Crippen LogP contribution in [0.25, 0.3) is 23.2 Å². The number of benzene rings is 2. The van der Waals surface area contributed by atoms with Crippen LogP contribution in [0.3, 0.4) is 0 Å². The average Bonchev–Trinajstić information content (AvgIpc) is 3.53. The molecule has 1 aliphatic heterocycles. The van der Waals surface area contributed by atoms with Crippen LogP contribution in [0.4, 0.5) is 0 Å². The topological polar surface area (TPSA) is 102 Å². The van der Waals surface area contributed by atoms with Gasteiger partial charge in [-0.1, -0.05) is 30.3 Å². The predicted molar refractivity (Wildman–Crippen MR) is 104 cm³/mol. The number of furan rings is 1. The number of aromatic nitrogens is 4. The quantitative estimate of drug-likeness (QED) is 0.285. The normalized spacial score (nSPS) is 12.7. The predicted octanol–water partition coefficient (Wildman–Crippen LogP) is 3.27. The standard InChI is InChI=1S/C21H14N4O5/c26-21(30-16-8-9-18-19(12-16)29-13-28-18)17(11-15-7-4-10-27-15)25-20(22-23-24-25)14-5-2-1-3-6-14/h1-12H,13H2/b17-11+. The van der Waals surface area contributed by atoms with Gasteiger partial charge in [-0.2, -0.15) is 4.68 Å². The lowest BCUT2D eigenvalue weighted by Gasteiger charge is -2.10. The molecule has 2 aromatic heterocycles. The van der Waals surface area contributed by atoms with Gasteiger partial charge in [-0.15, -0.1) is 5.10 Å². The Morgan fingerprint density at radius 1 is 1.03 bits per heavy atom. The molecule has 1 aliphatic rings. The van der Waals surface area contributed by atoms with E-state index in [-0.39, 0.29) is 12.5 Å². The van der Waals surface area contributed by atoms with E-state index in [1.807, 2.05) is 30.3 Å². The Morgan fingerprint density at radius 3 is 2.73 bits per heavy atom. The van der Waals surface area contributed by atoms with Crippen LogP contribution in [-0.2, 0) is 4.79 Å². The van der Waals surface area contributed by atoms with Crippen LogP contribution < -0.4 is 14.2 Å². The van der Waals surface area contributed by atoms with Gasteiger partial charge in [-0.3, -0.25) is 0 Å². The van der Waals surface area contributed by atoms with Crippen molar-refractivity contribution in [3.8, 4) is 28.6 Å². The summed E-state index contributed by atoms with van der Waals surface area (Å²) in [5, 5.41) is 11.8. The number of carbonyl (C=O) groups is 1. The van der Waals surface area contributed by atoms with Gasteiger partial charge in [-0.25, -0.2) is 4.79 Å². The number of tetrazole rings is 1. The third-order valence-corrected chi connectivity index (χ3v) is 4.32. The minimum atomic E-state index is -0.672. The van der Waals surface area contributed by atoms with Gasteiger partial charge in [-0.05, 0) is 34.7 Å². The van der Waals surface area contributed by atoms with Crippen LogP contribution in [0.5, 0.6) is 17.2 Å². The highest BCUT2D eigenvalue weighted by atomic mass is 16.7. The van der Waals surface area contributed by atoms with Crippen molar-refractivity contribution in [2.45, 2.75) is 0 Å². The zero-order valence-corrected chi connectivity index (χ0v) is 15.5. The molecule has 0 saturated carbocycles. The molecule has 0 fully saturated rings. The van der Waals surface area contributed by atoms with Gasteiger partial charge < -0.3 is 18.6 Å². The van der Waals surface area contributed by atoms with E-state index < -0.39 is 5.97 Å². The maximum absolute atomic E-state index is 13.1. The smallest absolute Gasteiger partial charge is 0.362 e. The number of nitrogens with zero attached hydrogens (tertiary/aromatic N) is 4. The molecule has 30 heavy (non-hydrogen) atoms. The zero-order chi connectivity index (χ0) is 20.3. The van der Waals surface area contributed by atoms with Crippen LogP contribution >= 0.6 is 0 Å². The molecule has 0 radical (unpaired) electrons. The van der Waals surface area contributed by atoms with E-state index in [2.05, 4.69) is 15.5 Å². The molecule has 9 heteroatoms. The second-order valence-corrected chi connectivity index (χ2v) is 6.23. The summed E-state index contributed by atoms with van der Waals surface area (Å²) in [6, 6.07) is 17.6. The number of ether oxygens (including phenoxy) is 3. The lowest BCUT2D eigenvalue weighted by Crippen LogP contribution is -2.17. The van der Waals surface area contributed by atoms with Gasteiger partial charge >= 0.3 is 5.97 Å². The van der Waals surface area contributed by atoms with Crippen LogP contribution in [0.1, 0.15) is 5.76 Å². The molecule has 5 rings (SSSR count). The van der Waals surface area contributed by atoms with Crippen LogP contribution in [-0.4, -0.2) is 33.0 Å². The first-order chi connectivity index (χ1) is 14.8. The third kappa shape index (κ3) is 3.39. The molecule has 0 aliphatic carbocycles. The summed E-state index contributed by atoms with van der Waals surface area (Å²) in [5.74, 6) is 1.55. The zero-order valence-electron chi connectivity index (χ0n) is 15.5. The Morgan fingerprint density at radius 2 is 1.90 bits per heavy atom. The summed E-state index contributed by atoms with van der Waals surface area (Å²) in [6.07, 6.45) is 3.02. The fourth-order valence-corrected chi connectivity index (χ4v) is 2.93. The molecule has 0 bridgehead atoms. The summed E-state index contributed by atoms with van der Waals surface area (Å²) in [6.45, 7) is 0.126. The Balaban J connectivity index is 1.52. The highest BCUT2D eigenvalue weighted by Gasteiger charge is 2.23. The number of carbonyl (C=O) groups excluding carboxylic acids is 1. The number of rotatable bonds is 5. The van der Waals surface area contributed by atoms with E-state index in [1.165, 1.54) is 17.0 Å². The lowest BCUT2D eigenvalue weighted by molar-refractivity contribution is -0.128. The van der Waals surface area contributed by atoms with Gasteiger partial charge in [0.05, 0.1) is 6.26 Å². The summed E-state index contributed by atoms with van der Waals surface area (Å²) in [5.41, 5.74) is 0.815. The number of hydrogen-bond donors (Lipinski definition) is 0. The van der Waals surface area contributed by atoms with Crippen molar-refractivity contribution in [1.29, 1.82) is 0 Å². The number of fused-ring (bicyclic) bond motifs is 1. The van der Waals surface area contributed by atoms with Crippen molar-refractivity contribution >= 4 is 17.7 Å². The molecule has 0 atom stereocenters. The Bertz CT molecular complexity index is 1220. The molecule has 9 nitrogen and oxygen atoms in total. The highest BCUT2D eigenvalue weighted by Crippen LogP contribution is 2.35. The van der Waals surface area contributed by atoms with Crippen molar-refractivity contribution in [3.05, 3.63) is 72.7 Å². The van der Waals surface area contributed by atoms with Crippen molar-refractivity contribution < 1.29 is 23.4 Å². The van der Waals surface area contributed by atoms with Crippen LogP contribution in [0.15, 0.2) is 71.3 Å². The van der Waals surface area contributed by atoms with E-state index >= 15 is 0 Å². The van der Waals surface area contributed by atoms with Crippen molar-refractivity contribution in [1.82, 2.24) is 20.2 Å². The summed E-state index contributed by atoms with van der Waals surface area (Å²) < 4.78 is 22.9. The van der Waals surface area contributed by atoms with Crippen LogP contribution in [0, 0.1) is 0 Å². The maximum Gasteiger partial charge on any atom is 0.362 e. The summed E-state index contributed by atoms with van der Waals surface area (Å²) in [4.78, 5) is 13.1. The third-order valence-electron chi connectivity index (χ3n) is 4.32. The summed E-state index contributed by atoms with van der Waals surface area (Å²) in [7, 11) is 0. The van der Waals surface area contributed by atoms with E-state index in [1.54, 1.807) is 30.3 Å². The minimum Gasteiger partial charge on any atom is -0.465 e. The maximum atomic E-state index is 13.1. The fourth-order valence-electron chi connectivity index (χ4n) is 2.93. The van der Waals surface area contributed by atoms with Crippen molar-refractivity contribution in [2.24, 2.45) is 0 Å². The molecule has 0 amide bonds. The first-order valence-corrected chi connectivity index (χ1v) is 8.99. The molecule has 4 aromatic rings. The molecule has 0 spiro atoms. The van der Waals surface area contributed by atoms with Gasteiger partial charge in [0, 0.05) is 17.7 Å². The second-order valence-electron chi connectivity index (χ2n) is 6.23. The minimum absolute atomic E-state index is 0.0754.